The molecule has 0 bridgehead atoms. The van der Waals surface area contributed by atoms with Crippen LogP contribution in [0.5, 0.6) is 0 Å². The number of carbonyl (C=O) groups excluding carboxylic acids is 1. The molecule has 5 N–H and O–H groups in total. The number of carbonyl (C=O) groups is 1. The van der Waals surface area contributed by atoms with Gasteiger partial charge in [0.15, 0.2) is 6.10 Å². The Kier molecular flexibility index (Phi) is 3.15. The van der Waals surface area contributed by atoms with Crippen LogP contribution in [-0.2, 0) is 4.79 Å². The number of nitrogens with two attached hydrogens (primary N) is 1. The predicted molar refractivity (Wildman–Crippen MR) is 30.0 cm³/mol. The fraction of sp³-hybridized carbons (Fsp3) is 0.750. The Hall–Kier alpha value is -0.650. The van der Waals surface area contributed by atoms with Gasteiger partial charge in [0.25, 0.3) is 5.91 Å². The zero-order chi connectivity index (χ0) is 7.44. The summed E-state index contributed by atoms with van der Waals surface area (Å²) in [6, 6.07) is 0. The van der Waals surface area contributed by atoms with E-state index >= 15 is 0 Å². The highest BCUT2D eigenvalue weighted by Gasteiger charge is 2.18. The molecule has 0 aliphatic heterocycles. The molecule has 5 heteroatoms. The number of hydrogen-bond acceptors (Lipinski definition) is 4. The molecule has 0 radical (unpaired) electrons. The van der Waals surface area contributed by atoms with Gasteiger partial charge in [-0.25, -0.2) is 5.84 Å². The number of hydrogen-bond donors (Lipinski definition) is 4. The molecule has 0 saturated heterocycles. The first kappa shape index (κ1) is 8.35. The summed E-state index contributed by atoms with van der Waals surface area (Å²) in [6.45, 7) is 1.29. The number of nitrogens with one attached hydrogen (secondary N) is 1. The van der Waals surface area contributed by atoms with E-state index in [4.69, 9.17) is 10.2 Å². The summed E-state index contributed by atoms with van der Waals surface area (Å²) < 4.78 is 0. The summed E-state index contributed by atoms with van der Waals surface area (Å²) in [5.74, 6) is 3.85. The van der Waals surface area contributed by atoms with Crippen LogP contribution in [0.15, 0.2) is 0 Å². The molecule has 0 fully saturated rings. The van der Waals surface area contributed by atoms with Crippen LogP contribution in [0.25, 0.3) is 0 Å². The maximum atomic E-state index is 10.3. The van der Waals surface area contributed by atoms with Crippen LogP contribution in [-0.4, -0.2) is 28.3 Å². The first-order chi connectivity index (χ1) is 4.09. The molecule has 0 aromatic heterocycles. The Morgan fingerprint density at radius 2 is 2.11 bits per heavy atom. The summed E-state index contributed by atoms with van der Waals surface area (Å²) in [5.41, 5.74) is 1.70. The molecule has 0 rings (SSSR count). The minimum Gasteiger partial charge on any atom is -0.390 e. The predicted octanol–water partition coefficient (Wildman–Crippen LogP) is -2.28. The van der Waals surface area contributed by atoms with E-state index in [1.54, 1.807) is 5.43 Å². The Morgan fingerprint density at radius 3 is 2.22 bits per heavy atom. The first-order valence-electron chi connectivity index (χ1n) is 2.46. The molecule has 0 aromatic carbocycles. The zero-order valence-corrected chi connectivity index (χ0v) is 5.03. The van der Waals surface area contributed by atoms with Gasteiger partial charge in [-0.1, -0.05) is 0 Å². The maximum Gasteiger partial charge on any atom is 0.265 e. The quantitative estimate of drug-likeness (QED) is 0.194. The average molecular weight is 134 g/mol. The molecular formula is C4H10N2O3. The lowest BCUT2D eigenvalue weighted by atomic mass is 10.2. The van der Waals surface area contributed by atoms with Crippen molar-refractivity contribution >= 4 is 5.91 Å². The van der Waals surface area contributed by atoms with E-state index in [-0.39, 0.29) is 0 Å². The Morgan fingerprint density at radius 1 is 1.67 bits per heavy atom. The Balaban J connectivity index is 3.72. The third kappa shape index (κ3) is 2.41. The number of amides is 1. The lowest BCUT2D eigenvalue weighted by Crippen LogP contribution is -2.44. The third-order valence-electron chi connectivity index (χ3n) is 0.868. The standard InChI is InChI=1S/C4H10N2O3/c1-2(7)3(8)4(9)6-5/h2-3,7-8H,5H2,1H3,(H,6,9)/t2-,3-/m0/s1. The van der Waals surface area contributed by atoms with Crippen LogP contribution < -0.4 is 11.3 Å². The van der Waals surface area contributed by atoms with E-state index in [1.807, 2.05) is 0 Å². The fourth-order valence-corrected chi connectivity index (χ4v) is 0.304. The minimum atomic E-state index is -1.44. The highest BCUT2D eigenvalue weighted by Crippen LogP contribution is 1.89. The molecule has 0 spiro atoms. The molecule has 9 heavy (non-hydrogen) atoms. The topological polar surface area (TPSA) is 95.6 Å². The molecule has 0 aliphatic carbocycles. The molecule has 0 unspecified atom stereocenters. The van der Waals surface area contributed by atoms with E-state index in [0.29, 0.717) is 0 Å². The number of rotatable bonds is 2. The summed E-state index contributed by atoms with van der Waals surface area (Å²) in [7, 11) is 0. The van der Waals surface area contributed by atoms with Crippen molar-refractivity contribution in [2.45, 2.75) is 19.1 Å². The maximum absolute atomic E-state index is 10.3. The van der Waals surface area contributed by atoms with Crippen molar-refractivity contribution in [1.82, 2.24) is 5.43 Å². The Labute approximate surface area is 52.4 Å². The highest BCUT2D eigenvalue weighted by atomic mass is 16.3. The molecule has 2 atom stereocenters. The van der Waals surface area contributed by atoms with Crippen molar-refractivity contribution in [3.05, 3.63) is 0 Å². The second-order valence-electron chi connectivity index (χ2n) is 1.69. The van der Waals surface area contributed by atoms with Crippen LogP contribution in [0.2, 0.25) is 0 Å². The molecule has 0 saturated carbocycles. The number of hydrazine groups is 1. The minimum absolute atomic E-state index is 0.787. The molecule has 0 aromatic rings. The second kappa shape index (κ2) is 3.39. The van der Waals surface area contributed by atoms with Crippen molar-refractivity contribution in [2.75, 3.05) is 0 Å². The van der Waals surface area contributed by atoms with E-state index in [9.17, 15) is 4.79 Å². The number of aliphatic hydroxyl groups excluding tert-OH is 2. The van der Waals surface area contributed by atoms with Crippen LogP contribution in [0.4, 0.5) is 0 Å². The molecular weight excluding hydrogens is 124 g/mol. The van der Waals surface area contributed by atoms with Crippen molar-refractivity contribution in [3.63, 3.8) is 0 Å². The smallest absolute Gasteiger partial charge is 0.265 e. The molecule has 1 amide bonds. The van der Waals surface area contributed by atoms with Crippen LogP contribution in [0.1, 0.15) is 6.92 Å². The van der Waals surface area contributed by atoms with Gasteiger partial charge in [-0.2, -0.15) is 0 Å². The van der Waals surface area contributed by atoms with Gasteiger partial charge < -0.3 is 10.2 Å². The van der Waals surface area contributed by atoms with Crippen molar-refractivity contribution < 1.29 is 15.0 Å². The van der Waals surface area contributed by atoms with Gasteiger partial charge >= 0.3 is 0 Å². The van der Waals surface area contributed by atoms with Gasteiger partial charge in [-0.3, -0.25) is 10.2 Å². The van der Waals surface area contributed by atoms with E-state index in [2.05, 4.69) is 5.84 Å². The van der Waals surface area contributed by atoms with E-state index in [0.717, 1.165) is 0 Å². The summed E-state index contributed by atoms with van der Waals surface area (Å²) in [5, 5.41) is 17.2. The van der Waals surface area contributed by atoms with Gasteiger partial charge in [0.2, 0.25) is 0 Å². The van der Waals surface area contributed by atoms with Crippen molar-refractivity contribution in [2.24, 2.45) is 5.84 Å². The average Bonchev–Trinajstić information content (AvgIpc) is 1.84. The second-order valence-corrected chi connectivity index (χ2v) is 1.69. The SMILES string of the molecule is C[C@H](O)[C@H](O)C(=O)NN. The zero-order valence-electron chi connectivity index (χ0n) is 5.03. The van der Waals surface area contributed by atoms with Crippen LogP contribution >= 0.6 is 0 Å². The summed E-state index contributed by atoms with van der Waals surface area (Å²) in [6.07, 6.45) is -2.52. The first-order valence-corrected chi connectivity index (χ1v) is 2.46. The van der Waals surface area contributed by atoms with E-state index in [1.165, 1.54) is 6.92 Å². The lowest BCUT2D eigenvalue weighted by molar-refractivity contribution is -0.134. The Bertz CT molecular complexity index is 104. The van der Waals surface area contributed by atoms with Crippen LogP contribution in [0, 0.1) is 0 Å². The third-order valence-corrected chi connectivity index (χ3v) is 0.868. The van der Waals surface area contributed by atoms with Crippen LogP contribution in [0.3, 0.4) is 0 Å². The molecule has 0 aliphatic rings. The largest absolute Gasteiger partial charge is 0.390 e. The molecule has 5 nitrogen and oxygen atoms in total. The van der Waals surface area contributed by atoms with Gasteiger partial charge in [-0.15, -0.1) is 0 Å². The monoisotopic (exact) mass is 134 g/mol. The normalized spacial score (nSPS) is 16.4. The highest BCUT2D eigenvalue weighted by molar-refractivity contribution is 5.80. The van der Waals surface area contributed by atoms with Gasteiger partial charge in [0.1, 0.15) is 0 Å². The summed E-state index contributed by atoms with van der Waals surface area (Å²) in [4.78, 5) is 10.3. The number of aliphatic hydroxyl groups is 2. The molecule has 0 heterocycles. The van der Waals surface area contributed by atoms with Crippen molar-refractivity contribution in [1.29, 1.82) is 0 Å². The van der Waals surface area contributed by atoms with Gasteiger partial charge in [0.05, 0.1) is 6.10 Å². The summed E-state index contributed by atoms with van der Waals surface area (Å²) >= 11 is 0. The molecule has 54 valence electrons. The van der Waals surface area contributed by atoms with Crippen molar-refractivity contribution in [3.8, 4) is 0 Å². The van der Waals surface area contributed by atoms with Gasteiger partial charge in [0, 0.05) is 0 Å². The van der Waals surface area contributed by atoms with E-state index < -0.39 is 18.1 Å². The van der Waals surface area contributed by atoms with Gasteiger partial charge in [-0.05, 0) is 6.92 Å². The lowest BCUT2D eigenvalue weighted by Gasteiger charge is -2.09. The fourth-order valence-electron chi connectivity index (χ4n) is 0.304.